The molecule has 2 heterocycles. The van der Waals surface area contributed by atoms with Gasteiger partial charge in [-0.15, -0.1) is 0 Å². The number of anilines is 1. The molecule has 35 heavy (non-hydrogen) atoms. The maximum absolute atomic E-state index is 13.0. The fraction of sp³-hybridized carbons (Fsp3) is 0.217. The van der Waals surface area contributed by atoms with Crippen molar-refractivity contribution in [1.29, 1.82) is 0 Å². The summed E-state index contributed by atoms with van der Waals surface area (Å²) in [5.41, 5.74) is 1.38. The summed E-state index contributed by atoms with van der Waals surface area (Å²) >= 11 is 1.17. The van der Waals surface area contributed by atoms with E-state index in [1.807, 2.05) is 0 Å². The summed E-state index contributed by atoms with van der Waals surface area (Å²) in [6.07, 6.45) is 4.71. The molecule has 1 unspecified atom stereocenters. The first kappa shape index (κ1) is 26.0. The van der Waals surface area contributed by atoms with E-state index < -0.39 is 17.9 Å². The average Bonchev–Trinajstić information content (AvgIpc) is 2.85. The van der Waals surface area contributed by atoms with Crippen molar-refractivity contribution in [2.75, 3.05) is 25.0 Å². The Morgan fingerprint density at radius 2 is 1.80 bits per heavy atom. The van der Waals surface area contributed by atoms with E-state index in [4.69, 9.17) is 5.11 Å². The molecule has 0 saturated carbocycles. The number of aliphatic hydroxyl groups excluding tert-OH is 1. The number of hydrogen-bond donors (Lipinski definition) is 4. The van der Waals surface area contributed by atoms with Gasteiger partial charge in [0.1, 0.15) is 16.1 Å². The molecule has 2 aromatic heterocycles. The number of nitrogens with zero attached hydrogens (tertiary/aromatic N) is 2. The lowest BCUT2D eigenvalue weighted by Crippen LogP contribution is -2.36. The van der Waals surface area contributed by atoms with Crippen LogP contribution in [-0.2, 0) is 4.79 Å². The Labute approximate surface area is 204 Å². The standard InChI is InChI=1S/C23H23F2N5O4S/c24-23(25)34-17-5-3-16(4-6-17)29-20(33)18-2-1-9-28-22(18)35-21(15-7-10-26-11-8-15)30-19(32)14-27-12-13-31/h1-11,21,23,27,31H,12-14H2,(H,29,33)(H,30,32). The Bertz CT molecular complexity index is 1110. The van der Waals surface area contributed by atoms with Gasteiger partial charge in [-0.2, -0.15) is 8.78 Å². The van der Waals surface area contributed by atoms with Crippen molar-refractivity contribution < 1.29 is 28.2 Å². The van der Waals surface area contributed by atoms with Crippen LogP contribution in [0.1, 0.15) is 21.3 Å². The van der Waals surface area contributed by atoms with E-state index in [2.05, 4.69) is 30.7 Å². The second-order valence-corrected chi connectivity index (χ2v) is 8.05. The molecule has 0 radical (unpaired) electrons. The molecule has 0 aliphatic heterocycles. The topological polar surface area (TPSA) is 125 Å². The molecule has 0 bridgehead atoms. The number of ether oxygens (including phenoxy) is 1. The highest BCUT2D eigenvalue weighted by atomic mass is 32.2. The number of pyridine rings is 2. The van der Waals surface area contributed by atoms with Gasteiger partial charge < -0.3 is 25.8 Å². The summed E-state index contributed by atoms with van der Waals surface area (Å²) in [5.74, 6) is -0.798. The number of amides is 2. The first-order valence-corrected chi connectivity index (χ1v) is 11.3. The first-order valence-electron chi connectivity index (χ1n) is 10.4. The lowest BCUT2D eigenvalue weighted by Gasteiger charge is -2.19. The molecule has 1 atom stereocenters. The van der Waals surface area contributed by atoms with Crippen LogP contribution in [0.4, 0.5) is 14.5 Å². The molecule has 3 rings (SSSR count). The second-order valence-electron chi connectivity index (χ2n) is 6.96. The number of carbonyl (C=O) groups excluding carboxylic acids is 2. The molecule has 0 saturated heterocycles. The van der Waals surface area contributed by atoms with Gasteiger partial charge in [-0.3, -0.25) is 14.6 Å². The third kappa shape index (κ3) is 8.28. The van der Waals surface area contributed by atoms with Crippen LogP contribution >= 0.6 is 11.8 Å². The van der Waals surface area contributed by atoms with Gasteiger partial charge in [0.05, 0.1) is 18.7 Å². The average molecular weight is 504 g/mol. The van der Waals surface area contributed by atoms with E-state index in [1.54, 1.807) is 36.7 Å². The van der Waals surface area contributed by atoms with Gasteiger partial charge in [0.15, 0.2) is 0 Å². The van der Waals surface area contributed by atoms with E-state index in [1.165, 1.54) is 42.2 Å². The molecule has 0 fully saturated rings. The quantitative estimate of drug-likeness (QED) is 0.169. The zero-order chi connectivity index (χ0) is 25.0. The zero-order valence-electron chi connectivity index (χ0n) is 18.4. The van der Waals surface area contributed by atoms with Crippen molar-refractivity contribution in [2.45, 2.75) is 17.0 Å². The number of halogens is 2. The van der Waals surface area contributed by atoms with Gasteiger partial charge in [0.2, 0.25) is 5.91 Å². The molecular weight excluding hydrogens is 480 g/mol. The SMILES string of the molecule is O=C(CNCCO)NC(Sc1ncccc1C(=O)Nc1ccc(OC(F)F)cc1)c1ccncc1. The van der Waals surface area contributed by atoms with Crippen LogP contribution in [0.2, 0.25) is 0 Å². The van der Waals surface area contributed by atoms with Crippen LogP contribution in [0.5, 0.6) is 5.75 Å². The highest BCUT2D eigenvalue weighted by Crippen LogP contribution is 2.34. The van der Waals surface area contributed by atoms with E-state index in [9.17, 15) is 18.4 Å². The van der Waals surface area contributed by atoms with Crippen molar-refractivity contribution in [2.24, 2.45) is 0 Å². The minimum Gasteiger partial charge on any atom is -0.435 e. The second kappa shape index (κ2) is 13.3. The number of aromatic nitrogens is 2. The number of nitrogens with one attached hydrogen (secondary N) is 3. The molecule has 3 aromatic rings. The summed E-state index contributed by atoms with van der Waals surface area (Å²) in [7, 11) is 0. The van der Waals surface area contributed by atoms with Crippen LogP contribution in [0, 0.1) is 0 Å². The number of alkyl halides is 2. The fourth-order valence-corrected chi connectivity index (χ4v) is 4.00. The summed E-state index contributed by atoms with van der Waals surface area (Å²) in [5, 5.41) is 17.1. The third-order valence-corrected chi connectivity index (χ3v) is 5.63. The molecule has 0 spiro atoms. The van der Waals surface area contributed by atoms with E-state index >= 15 is 0 Å². The van der Waals surface area contributed by atoms with Gasteiger partial charge in [0.25, 0.3) is 5.91 Å². The van der Waals surface area contributed by atoms with Crippen LogP contribution in [0.3, 0.4) is 0 Å². The molecule has 0 aliphatic rings. The molecule has 184 valence electrons. The Balaban J connectivity index is 1.76. The van der Waals surface area contributed by atoms with Crippen LogP contribution < -0.4 is 20.7 Å². The molecule has 1 aromatic carbocycles. The van der Waals surface area contributed by atoms with Gasteiger partial charge in [-0.1, -0.05) is 11.8 Å². The molecule has 9 nitrogen and oxygen atoms in total. The van der Waals surface area contributed by atoms with Crippen LogP contribution in [0.25, 0.3) is 0 Å². The van der Waals surface area contributed by atoms with E-state index in [-0.39, 0.29) is 36.9 Å². The Morgan fingerprint density at radius 3 is 2.49 bits per heavy atom. The number of thioether (sulfide) groups is 1. The predicted octanol–water partition coefficient (Wildman–Crippen LogP) is 2.82. The predicted molar refractivity (Wildman–Crippen MR) is 126 cm³/mol. The van der Waals surface area contributed by atoms with Gasteiger partial charge in [-0.25, -0.2) is 4.98 Å². The van der Waals surface area contributed by atoms with Gasteiger partial charge in [-0.05, 0) is 54.1 Å². The number of rotatable bonds is 12. The number of hydrogen-bond acceptors (Lipinski definition) is 8. The highest BCUT2D eigenvalue weighted by molar-refractivity contribution is 7.99. The molecule has 4 N–H and O–H groups in total. The van der Waals surface area contributed by atoms with Crippen molar-refractivity contribution >= 4 is 29.3 Å². The molecule has 0 aliphatic carbocycles. The van der Waals surface area contributed by atoms with E-state index in [0.29, 0.717) is 10.7 Å². The van der Waals surface area contributed by atoms with Crippen molar-refractivity contribution in [3.05, 3.63) is 78.2 Å². The summed E-state index contributed by atoms with van der Waals surface area (Å²) in [6.45, 7) is -2.75. The Kier molecular flexibility index (Phi) is 9.90. The van der Waals surface area contributed by atoms with Gasteiger partial charge in [0, 0.05) is 30.8 Å². The largest absolute Gasteiger partial charge is 0.435 e. The highest BCUT2D eigenvalue weighted by Gasteiger charge is 2.21. The maximum atomic E-state index is 13.0. The summed E-state index contributed by atoms with van der Waals surface area (Å²) < 4.78 is 29.0. The lowest BCUT2D eigenvalue weighted by molar-refractivity contribution is -0.120. The molecular formula is C23H23F2N5O4S. The smallest absolute Gasteiger partial charge is 0.387 e. The molecule has 2 amide bonds. The normalized spacial score (nSPS) is 11.7. The zero-order valence-corrected chi connectivity index (χ0v) is 19.2. The number of carbonyl (C=O) groups is 2. The number of benzene rings is 1. The third-order valence-electron chi connectivity index (χ3n) is 4.46. The summed E-state index contributed by atoms with van der Waals surface area (Å²) in [6, 6.07) is 12.2. The minimum atomic E-state index is -2.94. The maximum Gasteiger partial charge on any atom is 0.387 e. The Morgan fingerprint density at radius 1 is 1.06 bits per heavy atom. The first-order chi connectivity index (χ1) is 17.0. The summed E-state index contributed by atoms with van der Waals surface area (Å²) in [4.78, 5) is 33.7. The van der Waals surface area contributed by atoms with Crippen molar-refractivity contribution in [3.63, 3.8) is 0 Å². The van der Waals surface area contributed by atoms with Crippen molar-refractivity contribution in [3.8, 4) is 5.75 Å². The van der Waals surface area contributed by atoms with Gasteiger partial charge >= 0.3 is 6.61 Å². The fourth-order valence-electron chi connectivity index (χ4n) is 2.88. The number of aliphatic hydroxyl groups is 1. The minimum absolute atomic E-state index is 0.00351. The van der Waals surface area contributed by atoms with Crippen LogP contribution in [-0.4, -0.2) is 53.2 Å². The monoisotopic (exact) mass is 503 g/mol. The van der Waals surface area contributed by atoms with Crippen LogP contribution in [0.15, 0.2) is 72.1 Å². The molecule has 12 heteroatoms. The van der Waals surface area contributed by atoms with E-state index in [0.717, 1.165) is 5.56 Å². The van der Waals surface area contributed by atoms with Crippen molar-refractivity contribution in [1.82, 2.24) is 20.6 Å². The lowest BCUT2D eigenvalue weighted by atomic mass is 10.2. The Hall–Kier alpha value is -3.61.